The molecule has 1 atom stereocenters. The van der Waals surface area contributed by atoms with Gasteiger partial charge >= 0.3 is 5.97 Å². The largest absolute Gasteiger partial charge is 0.466 e. The molecule has 0 radical (unpaired) electrons. The van der Waals surface area contributed by atoms with E-state index < -0.39 is 0 Å². The summed E-state index contributed by atoms with van der Waals surface area (Å²) < 4.78 is 6.14. The Morgan fingerprint density at radius 3 is 2.86 bits per heavy atom. The van der Waals surface area contributed by atoms with Crippen molar-refractivity contribution in [1.82, 2.24) is 14.7 Å². The molecule has 114 valence electrons. The lowest BCUT2D eigenvalue weighted by Gasteiger charge is -2.31. The third-order valence-electron chi connectivity index (χ3n) is 3.51. The van der Waals surface area contributed by atoms with Gasteiger partial charge in [-0.2, -0.15) is 5.10 Å². The van der Waals surface area contributed by atoms with E-state index in [9.17, 15) is 14.4 Å². The van der Waals surface area contributed by atoms with E-state index in [-0.39, 0.29) is 29.0 Å². The molecule has 1 aromatic heterocycles. The fourth-order valence-electron chi connectivity index (χ4n) is 2.39. The molecule has 1 saturated heterocycles. The molecule has 7 nitrogen and oxygen atoms in total. The first-order valence-electron chi connectivity index (χ1n) is 7.03. The van der Waals surface area contributed by atoms with Crippen LogP contribution in [0, 0.1) is 5.92 Å². The molecular weight excluding hydrogens is 274 g/mol. The quantitative estimate of drug-likeness (QED) is 0.743. The molecule has 2 heterocycles. The Kier molecular flexibility index (Phi) is 4.72. The van der Waals surface area contributed by atoms with Gasteiger partial charge in [-0.05, 0) is 25.8 Å². The third kappa shape index (κ3) is 3.48. The minimum atomic E-state index is -0.282. The van der Waals surface area contributed by atoms with Crippen LogP contribution in [-0.4, -0.2) is 46.3 Å². The van der Waals surface area contributed by atoms with Crippen LogP contribution in [0.3, 0.4) is 0 Å². The molecule has 1 amide bonds. The van der Waals surface area contributed by atoms with Gasteiger partial charge in [0, 0.05) is 26.2 Å². The highest BCUT2D eigenvalue weighted by molar-refractivity contribution is 5.92. The zero-order chi connectivity index (χ0) is 15.4. The van der Waals surface area contributed by atoms with Gasteiger partial charge in [-0.15, -0.1) is 0 Å². The Bertz CT molecular complexity index is 596. The van der Waals surface area contributed by atoms with Crippen molar-refractivity contribution in [2.45, 2.75) is 19.8 Å². The van der Waals surface area contributed by atoms with Crippen LogP contribution in [0.1, 0.15) is 30.3 Å². The first-order chi connectivity index (χ1) is 10.0. The molecule has 1 fully saturated rings. The number of hydrogen-bond donors (Lipinski definition) is 0. The third-order valence-corrected chi connectivity index (χ3v) is 3.51. The topological polar surface area (TPSA) is 81.5 Å². The minimum Gasteiger partial charge on any atom is -0.466 e. The number of carbonyl (C=O) groups is 2. The SMILES string of the molecule is CCOC(=O)C1CCCN(C(=O)c2ccc(=O)n(C)n2)C1. The van der Waals surface area contributed by atoms with Crippen LogP contribution in [0.2, 0.25) is 0 Å². The molecule has 2 rings (SSSR count). The summed E-state index contributed by atoms with van der Waals surface area (Å²) in [5, 5.41) is 3.95. The van der Waals surface area contributed by atoms with Crippen LogP contribution in [0.15, 0.2) is 16.9 Å². The summed E-state index contributed by atoms with van der Waals surface area (Å²) in [5.74, 6) is -0.807. The van der Waals surface area contributed by atoms with Crippen LogP contribution < -0.4 is 5.56 Å². The zero-order valence-electron chi connectivity index (χ0n) is 12.2. The number of ether oxygens (including phenoxy) is 1. The standard InChI is InChI=1S/C14H19N3O4/c1-3-21-14(20)10-5-4-8-17(9-10)13(19)11-6-7-12(18)16(2)15-11/h6-7,10H,3-5,8-9H2,1-2H3. The molecule has 1 aliphatic heterocycles. The number of likely N-dealkylation sites (tertiary alicyclic amines) is 1. The van der Waals surface area contributed by atoms with Crippen molar-refractivity contribution in [1.29, 1.82) is 0 Å². The molecular formula is C14H19N3O4. The van der Waals surface area contributed by atoms with Crippen LogP contribution in [0.4, 0.5) is 0 Å². The average Bonchev–Trinajstić information content (AvgIpc) is 2.49. The Morgan fingerprint density at radius 1 is 1.43 bits per heavy atom. The highest BCUT2D eigenvalue weighted by atomic mass is 16.5. The lowest BCUT2D eigenvalue weighted by atomic mass is 9.98. The van der Waals surface area contributed by atoms with Crippen LogP contribution in [0.25, 0.3) is 0 Å². The van der Waals surface area contributed by atoms with E-state index >= 15 is 0 Å². The van der Waals surface area contributed by atoms with E-state index in [0.29, 0.717) is 19.7 Å². The minimum absolute atomic E-state index is 0.210. The van der Waals surface area contributed by atoms with Crippen molar-refractivity contribution in [3.8, 4) is 0 Å². The maximum Gasteiger partial charge on any atom is 0.310 e. The first-order valence-corrected chi connectivity index (χ1v) is 7.03. The van der Waals surface area contributed by atoms with E-state index in [2.05, 4.69) is 5.10 Å². The van der Waals surface area contributed by atoms with Crippen molar-refractivity contribution < 1.29 is 14.3 Å². The van der Waals surface area contributed by atoms with E-state index in [1.807, 2.05) is 0 Å². The molecule has 0 N–H and O–H groups in total. The number of esters is 1. The van der Waals surface area contributed by atoms with Gasteiger partial charge in [0.2, 0.25) is 0 Å². The van der Waals surface area contributed by atoms with Crippen molar-refractivity contribution in [3.63, 3.8) is 0 Å². The average molecular weight is 293 g/mol. The predicted molar refractivity (Wildman–Crippen MR) is 74.7 cm³/mol. The van der Waals surface area contributed by atoms with Gasteiger partial charge in [0.1, 0.15) is 5.69 Å². The van der Waals surface area contributed by atoms with Gasteiger partial charge in [0.25, 0.3) is 11.5 Å². The number of amides is 1. The molecule has 1 unspecified atom stereocenters. The number of hydrogen-bond acceptors (Lipinski definition) is 5. The number of nitrogens with zero attached hydrogens (tertiary/aromatic N) is 3. The van der Waals surface area contributed by atoms with E-state index in [4.69, 9.17) is 4.74 Å². The zero-order valence-corrected chi connectivity index (χ0v) is 12.2. The summed E-state index contributed by atoms with van der Waals surface area (Å²) in [6.07, 6.45) is 1.48. The lowest BCUT2D eigenvalue weighted by Crippen LogP contribution is -2.43. The summed E-state index contributed by atoms with van der Waals surface area (Å²) in [4.78, 5) is 37.1. The Labute approximate surface area is 122 Å². The molecule has 7 heteroatoms. The van der Waals surface area contributed by atoms with Gasteiger partial charge < -0.3 is 9.64 Å². The molecule has 0 spiro atoms. The van der Waals surface area contributed by atoms with Crippen molar-refractivity contribution in [2.75, 3.05) is 19.7 Å². The Hall–Kier alpha value is -2.18. The maximum absolute atomic E-state index is 12.4. The monoisotopic (exact) mass is 293 g/mol. The lowest BCUT2D eigenvalue weighted by molar-refractivity contribution is -0.149. The van der Waals surface area contributed by atoms with Crippen molar-refractivity contribution >= 4 is 11.9 Å². The second kappa shape index (κ2) is 6.51. The summed E-state index contributed by atoms with van der Waals surface area (Å²) in [7, 11) is 1.50. The molecule has 0 bridgehead atoms. The fraction of sp³-hybridized carbons (Fsp3) is 0.571. The number of rotatable bonds is 3. The van der Waals surface area contributed by atoms with Crippen LogP contribution in [-0.2, 0) is 16.6 Å². The van der Waals surface area contributed by atoms with Crippen LogP contribution in [0.5, 0.6) is 0 Å². The first kappa shape index (κ1) is 15.2. The smallest absolute Gasteiger partial charge is 0.310 e. The predicted octanol–water partition coefficient (Wildman–Crippen LogP) is 0.196. The van der Waals surface area contributed by atoms with Gasteiger partial charge in [-0.3, -0.25) is 14.4 Å². The summed E-state index contributed by atoms with van der Waals surface area (Å²) >= 11 is 0. The Balaban J connectivity index is 2.09. The number of carbonyl (C=O) groups excluding carboxylic acids is 2. The van der Waals surface area contributed by atoms with Gasteiger partial charge in [0.05, 0.1) is 12.5 Å². The van der Waals surface area contributed by atoms with E-state index in [1.54, 1.807) is 11.8 Å². The second-order valence-corrected chi connectivity index (χ2v) is 5.02. The van der Waals surface area contributed by atoms with Crippen LogP contribution >= 0.6 is 0 Å². The summed E-state index contributed by atoms with van der Waals surface area (Å²) in [6.45, 7) is 3.02. The normalized spacial score (nSPS) is 18.4. The fourth-order valence-corrected chi connectivity index (χ4v) is 2.39. The number of piperidine rings is 1. The van der Waals surface area contributed by atoms with E-state index in [1.165, 1.54) is 19.2 Å². The van der Waals surface area contributed by atoms with Crippen molar-refractivity contribution in [3.05, 3.63) is 28.2 Å². The van der Waals surface area contributed by atoms with Gasteiger partial charge in [-0.1, -0.05) is 0 Å². The van der Waals surface area contributed by atoms with Gasteiger partial charge in [-0.25, -0.2) is 4.68 Å². The van der Waals surface area contributed by atoms with E-state index in [0.717, 1.165) is 17.5 Å². The molecule has 1 aliphatic rings. The Morgan fingerprint density at radius 2 is 2.19 bits per heavy atom. The number of aromatic nitrogens is 2. The summed E-state index contributed by atoms with van der Waals surface area (Å²) in [6, 6.07) is 2.73. The molecule has 0 saturated carbocycles. The van der Waals surface area contributed by atoms with Crippen molar-refractivity contribution in [2.24, 2.45) is 13.0 Å². The maximum atomic E-state index is 12.4. The second-order valence-electron chi connectivity index (χ2n) is 5.02. The molecule has 0 aromatic carbocycles. The highest BCUT2D eigenvalue weighted by Gasteiger charge is 2.30. The molecule has 21 heavy (non-hydrogen) atoms. The summed E-state index contributed by atoms with van der Waals surface area (Å²) in [5.41, 5.74) is -0.0591. The number of aryl methyl sites for hydroxylation is 1. The molecule has 1 aromatic rings. The van der Waals surface area contributed by atoms with Gasteiger partial charge in [0.15, 0.2) is 0 Å². The molecule has 0 aliphatic carbocycles. The highest BCUT2D eigenvalue weighted by Crippen LogP contribution is 2.19.